The minimum Gasteiger partial charge on any atom is -0.342 e. The van der Waals surface area contributed by atoms with Crippen molar-refractivity contribution in [3.05, 3.63) is 28.8 Å². The first-order chi connectivity index (χ1) is 14.0. The Morgan fingerprint density at radius 3 is 2.07 bits per heavy atom. The molecule has 7 heteroatoms. The van der Waals surface area contributed by atoms with Crippen molar-refractivity contribution in [3.63, 3.8) is 0 Å². The number of aryl methyl sites for hydroxylation is 2. The Kier molecular flexibility index (Phi) is 6.94. The number of hydrogen-bond donors (Lipinski definition) is 0. The third-order valence-electron chi connectivity index (χ3n) is 6.29. The first-order valence-corrected chi connectivity index (χ1v) is 12.6. The molecule has 2 aliphatic rings. The molecule has 0 aliphatic carbocycles. The molecule has 0 N–H and O–H groups in total. The van der Waals surface area contributed by atoms with Gasteiger partial charge in [-0.3, -0.25) is 9.69 Å². The molecule has 0 unspecified atom stereocenters. The summed E-state index contributed by atoms with van der Waals surface area (Å²) in [7, 11) is -3.57. The van der Waals surface area contributed by atoms with Gasteiger partial charge in [0.2, 0.25) is 15.9 Å². The van der Waals surface area contributed by atoms with Gasteiger partial charge in [-0.05, 0) is 61.8 Å². The largest absolute Gasteiger partial charge is 0.342 e. The van der Waals surface area contributed by atoms with E-state index in [-0.39, 0.29) is 11.3 Å². The standard InChI is InChI=1S/C23H37N3O3S/c1-18-15-20(23(3,4)5)16-19(2)22(18)30(28,29)26-12-8-9-24(13-14-26)17-21(27)25-10-6-7-11-25/h15-16H,6-14,17H2,1-5H3. The molecular formula is C23H37N3O3S. The maximum Gasteiger partial charge on any atom is 0.243 e. The number of carbonyl (C=O) groups is 1. The van der Waals surface area contributed by atoms with Gasteiger partial charge in [0.25, 0.3) is 0 Å². The van der Waals surface area contributed by atoms with Gasteiger partial charge in [-0.15, -0.1) is 0 Å². The van der Waals surface area contributed by atoms with Crippen LogP contribution in [0.3, 0.4) is 0 Å². The molecule has 1 amide bonds. The Morgan fingerprint density at radius 1 is 0.900 bits per heavy atom. The van der Waals surface area contributed by atoms with Gasteiger partial charge in [0, 0.05) is 32.7 Å². The minimum absolute atomic E-state index is 0.0250. The fourth-order valence-corrected chi connectivity index (χ4v) is 6.40. The van der Waals surface area contributed by atoms with Crippen LogP contribution in [0.15, 0.2) is 17.0 Å². The van der Waals surface area contributed by atoms with E-state index in [2.05, 4.69) is 25.7 Å². The van der Waals surface area contributed by atoms with Crippen LogP contribution < -0.4 is 0 Å². The highest BCUT2D eigenvalue weighted by Gasteiger charge is 2.31. The van der Waals surface area contributed by atoms with Gasteiger partial charge in [-0.2, -0.15) is 4.31 Å². The third-order valence-corrected chi connectivity index (χ3v) is 8.49. The average Bonchev–Trinajstić information content (AvgIpc) is 3.07. The first-order valence-electron chi connectivity index (χ1n) is 11.1. The maximum absolute atomic E-state index is 13.5. The van der Waals surface area contributed by atoms with Crippen molar-refractivity contribution in [3.8, 4) is 0 Å². The molecule has 2 fully saturated rings. The Bertz CT molecular complexity index is 860. The summed E-state index contributed by atoms with van der Waals surface area (Å²) in [5, 5.41) is 0. The van der Waals surface area contributed by atoms with Crippen LogP contribution in [0.2, 0.25) is 0 Å². The minimum atomic E-state index is -3.57. The SMILES string of the molecule is Cc1cc(C(C)(C)C)cc(C)c1S(=O)(=O)N1CCCN(CC(=O)N2CCCC2)CC1. The number of likely N-dealkylation sites (tertiary alicyclic amines) is 1. The Hall–Kier alpha value is -1.44. The Balaban J connectivity index is 1.73. The highest BCUT2D eigenvalue weighted by molar-refractivity contribution is 7.89. The molecule has 0 aromatic heterocycles. The van der Waals surface area contributed by atoms with E-state index in [1.165, 1.54) is 0 Å². The van der Waals surface area contributed by atoms with Gasteiger partial charge in [-0.1, -0.05) is 32.9 Å². The molecule has 2 heterocycles. The summed E-state index contributed by atoms with van der Waals surface area (Å²) in [4.78, 5) is 17.0. The van der Waals surface area contributed by atoms with E-state index in [1.54, 1.807) is 4.31 Å². The van der Waals surface area contributed by atoms with E-state index in [1.807, 2.05) is 30.9 Å². The van der Waals surface area contributed by atoms with Gasteiger partial charge >= 0.3 is 0 Å². The molecule has 2 aliphatic heterocycles. The van der Waals surface area contributed by atoms with Crippen molar-refractivity contribution in [2.45, 2.75) is 64.2 Å². The number of benzene rings is 1. The topological polar surface area (TPSA) is 60.9 Å². The van der Waals surface area contributed by atoms with Crippen molar-refractivity contribution in [1.82, 2.24) is 14.1 Å². The number of rotatable bonds is 4. The fourth-order valence-electron chi connectivity index (χ4n) is 4.52. The molecule has 0 radical (unpaired) electrons. The lowest BCUT2D eigenvalue weighted by Crippen LogP contribution is -2.41. The summed E-state index contributed by atoms with van der Waals surface area (Å²) in [6.07, 6.45) is 2.92. The molecule has 0 bridgehead atoms. The zero-order valence-corrected chi connectivity index (χ0v) is 20.0. The van der Waals surface area contributed by atoms with E-state index in [0.717, 1.165) is 55.6 Å². The zero-order valence-electron chi connectivity index (χ0n) is 19.2. The van der Waals surface area contributed by atoms with Crippen molar-refractivity contribution >= 4 is 15.9 Å². The molecule has 30 heavy (non-hydrogen) atoms. The molecule has 2 saturated heterocycles. The van der Waals surface area contributed by atoms with Crippen LogP contribution in [0.5, 0.6) is 0 Å². The highest BCUT2D eigenvalue weighted by Crippen LogP contribution is 2.31. The molecule has 1 aromatic rings. The predicted octanol–water partition coefficient (Wildman–Crippen LogP) is 2.92. The van der Waals surface area contributed by atoms with E-state index in [9.17, 15) is 13.2 Å². The van der Waals surface area contributed by atoms with Crippen LogP contribution >= 0.6 is 0 Å². The summed E-state index contributed by atoms with van der Waals surface area (Å²) in [5.74, 6) is 0.174. The molecule has 3 rings (SSSR count). The molecule has 0 atom stereocenters. The Morgan fingerprint density at radius 2 is 1.50 bits per heavy atom. The van der Waals surface area contributed by atoms with Crippen molar-refractivity contribution in [2.24, 2.45) is 0 Å². The molecule has 6 nitrogen and oxygen atoms in total. The lowest BCUT2D eigenvalue weighted by Gasteiger charge is -2.26. The van der Waals surface area contributed by atoms with Gasteiger partial charge in [0.15, 0.2) is 0 Å². The second kappa shape index (κ2) is 8.97. The smallest absolute Gasteiger partial charge is 0.243 e. The molecule has 168 valence electrons. The number of amides is 1. The van der Waals surface area contributed by atoms with Gasteiger partial charge in [0.1, 0.15) is 0 Å². The van der Waals surface area contributed by atoms with Crippen LogP contribution in [0.25, 0.3) is 0 Å². The quantitative estimate of drug-likeness (QED) is 0.730. The molecular weight excluding hydrogens is 398 g/mol. The van der Waals surface area contributed by atoms with E-state index >= 15 is 0 Å². The van der Waals surface area contributed by atoms with Crippen LogP contribution in [0, 0.1) is 13.8 Å². The number of sulfonamides is 1. The van der Waals surface area contributed by atoms with Crippen LogP contribution in [0.1, 0.15) is 56.7 Å². The van der Waals surface area contributed by atoms with E-state index < -0.39 is 10.0 Å². The third kappa shape index (κ3) is 5.06. The van der Waals surface area contributed by atoms with Crippen LogP contribution in [0.4, 0.5) is 0 Å². The zero-order chi connectivity index (χ0) is 22.1. The van der Waals surface area contributed by atoms with Gasteiger partial charge < -0.3 is 4.90 Å². The van der Waals surface area contributed by atoms with Gasteiger partial charge in [-0.25, -0.2) is 8.42 Å². The number of carbonyl (C=O) groups excluding carboxylic acids is 1. The monoisotopic (exact) mass is 435 g/mol. The number of hydrogen-bond acceptors (Lipinski definition) is 4. The van der Waals surface area contributed by atoms with E-state index in [0.29, 0.717) is 31.1 Å². The second-order valence-corrected chi connectivity index (χ2v) is 11.7. The van der Waals surface area contributed by atoms with Crippen molar-refractivity contribution < 1.29 is 13.2 Å². The Labute approximate surface area is 182 Å². The summed E-state index contributed by atoms with van der Waals surface area (Å²) in [5.41, 5.74) is 2.75. The lowest BCUT2D eigenvalue weighted by atomic mass is 9.85. The lowest BCUT2D eigenvalue weighted by molar-refractivity contribution is -0.131. The predicted molar refractivity (Wildman–Crippen MR) is 120 cm³/mol. The van der Waals surface area contributed by atoms with Crippen molar-refractivity contribution in [2.75, 3.05) is 45.8 Å². The van der Waals surface area contributed by atoms with Crippen LogP contribution in [-0.2, 0) is 20.2 Å². The normalized spacial score (nSPS) is 19.8. The molecule has 0 saturated carbocycles. The summed E-state index contributed by atoms with van der Waals surface area (Å²) >= 11 is 0. The van der Waals surface area contributed by atoms with Gasteiger partial charge in [0.05, 0.1) is 11.4 Å². The highest BCUT2D eigenvalue weighted by atomic mass is 32.2. The molecule has 1 aromatic carbocycles. The molecule has 0 spiro atoms. The van der Waals surface area contributed by atoms with E-state index in [4.69, 9.17) is 0 Å². The summed E-state index contributed by atoms with van der Waals surface area (Å²) in [6.45, 7) is 14.6. The van der Waals surface area contributed by atoms with Crippen molar-refractivity contribution in [1.29, 1.82) is 0 Å². The fraction of sp³-hybridized carbons (Fsp3) is 0.696. The van der Waals surface area contributed by atoms with Crippen LogP contribution in [-0.4, -0.2) is 74.2 Å². The maximum atomic E-state index is 13.5. The first kappa shape index (κ1) is 23.2. The average molecular weight is 436 g/mol. The number of nitrogens with zero attached hydrogens (tertiary/aromatic N) is 3. The summed E-state index contributed by atoms with van der Waals surface area (Å²) in [6, 6.07) is 4.03. The second-order valence-electron chi connectivity index (χ2n) is 9.81. The summed E-state index contributed by atoms with van der Waals surface area (Å²) < 4.78 is 28.6.